The molecule has 0 aromatic heterocycles. The van der Waals surface area contributed by atoms with Gasteiger partial charge in [-0.2, -0.15) is 0 Å². The zero-order valence-electron chi connectivity index (χ0n) is 13.3. The van der Waals surface area contributed by atoms with Crippen LogP contribution in [0.1, 0.15) is 17.5 Å². The van der Waals surface area contributed by atoms with E-state index < -0.39 is 0 Å². The van der Waals surface area contributed by atoms with Crippen molar-refractivity contribution < 1.29 is 8.97 Å². The molecule has 0 atom stereocenters. The molecule has 1 aromatic carbocycles. The van der Waals surface area contributed by atoms with Crippen molar-refractivity contribution in [2.75, 3.05) is 48.3 Å². The molecule has 2 heteroatoms. The third-order valence-corrected chi connectivity index (χ3v) is 3.42. The molecule has 1 rings (SSSR count). The van der Waals surface area contributed by atoms with Crippen molar-refractivity contribution in [1.29, 1.82) is 0 Å². The third-order valence-electron chi connectivity index (χ3n) is 3.42. The van der Waals surface area contributed by atoms with Crippen molar-refractivity contribution in [1.82, 2.24) is 0 Å². The predicted molar refractivity (Wildman–Crippen MR) is 84.7 cm³/mol. The topological polar surface area (TPSA) is 0 Å². The maximum Gasteiger partial charge on any atom is 0.104 e. The van der Waals surface area contributed by atoms with E-state index >= 15 is 0 Å². The SMILES string of the molecule is C=Cc1ccc(C[N+](C)(C)CCC[N+](C)(C)C)cc1. The Morgan fingerprint density at radius 1 is 0.947 bits per heavy atom. The van der Waals surface area contributed by atoms with Gasteiger partial charge in [-0.25, -0.2) is 0 Å². The number of hydrogen-bond donors (Lipinski definition) is 0. The van der Waals surface area contributed by atoms with Crippen molar-refractivity contribution in [3.8, 4) is 0 Å². The summed E-state index contributed by atoms with van der Waals surface area (Å²) in [6.45, 7) is 7.34. The molecule has 19 heavy (non-hydrogen) atoms. The largest absolute Gasteiger partial charge is 0.331 e. The van der Waals surface area contributed by atoms with Gasteiger partial charge in [0.05, 0.1) is 48.3 Å². The van der Waals surface area contributed by atoms with Gasteiger partial charge in [-0.15, -0.1) is 0 Å². The van der Waals surface area contributed by atoms with E-state index in [9.17, 15) is 0 Å². The van der Waals surface area contributed by atoms with Gasteiger partial charge in [-0.05, 0) is 5.56 Å². The average Bonchev–Trinajstić information content (AvgIpc) is 2.27. The summed E-state index contributed by atoms with van der Waals surface area (Å²) in [5.41, 5.74) is 2.60. The lowest BCUT2D eigenvalue weighted by atomic mass is 10.1. The first-order valence-electron chi connectivity index (χ1n) is 7.06. The Hall–Kier alpha value is -1.12. The van der Waals surface area contributed by atoms with Crippen molar-refractivity contribution in [2.24, 2.45) is 0 Å². The van der Waals surface area contributed by atoms with E-state index in [4.69, 9.17) is 0 Å². The number of rotatable bonds is 7. The summed E-state index contributed by atoms with van der Waals surface area (Å²) in [6.07, 6.45) is 3.16. The van der Waals surface area contributed by atoms with Gasteiger partial charge in [0, 0.05) is 12.0 Å². The third kappa shape index (κ3) is 6.55. The second-order valence-corrected chi connectivity index (χ2v) is 7.13. The Labute approximate surface area is 119 Å². The maximum absolute atomic E-state index is 3.79. The van der Waals surface area contributed by atoms with Crippen LogP contribution in [0.5, 0.6) is 0 Å². The van der Waals surface area contributed by atoms with Crippen LogP contribution in [0.25, 0.3) is 6.08 Å². The van der Waals surface area contributed by atoms with Crippen LogP contribution in [0.3, 0.4) is 0 Å². The molecule has 0 N–H and O–H groups in total. The molecule has 0 fully saturated rings. The van der Waals surface area contributed by atoms with Crippen molar-refractivity contribution in [2.45, 2.75) is 13.0 Å². The van der Waals surface area contributed by atoms with E-state index in [0.717, 1.165) is 15.5 Å². The highest BCUT2D eigenvalue weighted by molar-refractivity contribution is 5.47. The fraction of sp³-hybridized carbons (Fsp3) is 0.529. The molecule has 0 aliphatic heterocycles. The smallest absolute Gasteiger partial charge is 0.104 e. The highest BCUT2D eigenvalue weighted by Crippen LogP contribution is 2.12. The molecule has 0 radical (unpaired) electrons. The maximum atomic E-state index is 3.79. The Morgan fingerprint density at radius 2 is 1.53 bits per heavy atom. The van der Waals surface area contributed by atoms with E-state index in [0.29, 0.717) is 0 Å². The second-order valence-electron chi connectivity index (χ2n) is 7.13. The van der Waals surface area contributed by atoms with E-state index in [1.54, 1.807) is 0 Å². The zero-order chi connectivity index (χ0) is 14.5. The molecule has 0 bridgehead atoms. The minimum absolute atomic E-state index is 1.05. The van der Waals surface area contributed by atoms with Crippen LogP contribution in [0, 0.1) is 0 Å². The van der Waals surface area contributed by atoms with Crippen molar-refractivity contribution >= 4 is 6.08 Å². The Kier molecular flexibility index (Phi) is 5.33. The van der Waals surface area contributed by atoms with Crippen LogP contribution in [0.2, 0.25) is 0 Å². The Balaban J connectivity index is 2.50. The Morgan fingerprint density at radius 3 is 2.00 bits per heavy atom. The van der Waals surface area contributed by atoms with Crippen LogP contribution in [-0.4, -0.2) is 57.3 Å². The summed E-state index contributed by atoms with van der Waals surface area (Å²) in [7, 11) is 11.4. The first-order chi connectivity index (χ1) is 8.72. The Bertz CT molecular complexity index is 396. The average molecular weight is 262 g/mol. The van der Waals surface area contributed by atoms with Crippen LogP contribution < -0.4 is 0 Å². The fourth-order valence-electron chi connectivity index (χ4n) is 2.31. The lowest BCUT2D eigenvalue weighted by Gasteiger charge is -2.31. The molecule has 1 aromatic rings. The summed E-state index contributed by atoms with van der Waals surface area (Å²) in [6, 6.07) is 8.73. The van der Waals surface area contributed by atoms with Gasteiger partial charge in [0.25, 0.3) is 0 Å². The molecule has 2 nitrogen and oxygen atoms in total. The van der Waals surface area contributed by atoms with Crippen LogP contribution in [-0.2, 0) is 6.54 Å². The summed E-state index contributed by atoms with van der Waals surface area (Å²) in [4.78, 5) is 0. The highest BCUT2D eigenvalue weighted by atomic mass is 15.3. The second kappa shape index (κ2) is 6.36. The molecule has 0 amide bonds. The molecular weight excluding hydrogens is 232 g/mol. The van der Waals surface area contributed by atoms with Gasteiger partial charge in [0.2, 0.25) is 0 Å². The molecule has 0 heterocycles. The molecule has 0 unspecified atom stereocenters. The minimum atomic E-state index is 1.05. The quantitative estimate of drug-likeness (QED) is 0.663. The van der Waals surface area contributed by atoms with E-state index in [1.807, 2.05) is 6.08 Å². The fourth-order valence-corrected chi connectivity index (χ4v) is 2.31. The molecule has 106 valence electrons. The van der Waals surface area contributed by atoms with E-state index in [1.165, 1.54) is 30.6 Å². The van der Waals surface area contributed by atoms with Gasteiger partial charge in [0.1, 0.15) is 6.54 Å². The molecular formula is C17H30N2+2. The van der Waals surface area contributed by atoms with Crippen LogP contribution >= 0.6 is 0 Å². The summed E-state index contributed by atoms with van der Waals surface area (Å²) >= 11 is 0. The standard InChI is InChI=1S/C17H30N2/c1-7-16-9-11-17(12-10-16)15-19(5,6)14-8-13-18(2,3)4/h7,9-12H,1,8,13-15H2,2-6H3/q+2. The lowest BCUT2D eigenvalue weighted by molar-refractivity contribution is -0.912. The monoisotopic (exact) mass is 262 g/mol. The normalized spacial score (nSPS) is 12.5. The van der Waals surface area contributed by atoms with Gasteiger partial charge in [0.15, 0.2) is 0 Å². The number of hydrogen-bond acceptors (Lipinski definition) is 0. The van der Waals surface area contributed by atoms with Crippen molar-refractivity contribution in [3.63, 3.8) is 0 Å². The molecule has 0 saturated heterocycles. The van der Waals surface area contributed by atoms with E-state index in [-0.39, 0.29) is 0 Å². The first kappa shape index (κ1) is 15.9. The molecule has 0 aliphatic carbocycles. The summed E-state index contributed by atoms with van der Waals surface area (Å²) < 4.78 is 2.10. The first-order valence-corrected chi connectivity index (χ1v) is 7.06. The van der Waals surface area contributed by atoms with Gasteiger partial charge < -0.3 is 8.97 Å². The lowest BCUT2D eigenvalue weighted by Crippen LogP contribution is -2.43. The van der Waals surface area contributed by atoms with Crippen molar-refractivity contribution in [3.05, 3.63) is 42.0 Å². The minimum Gasteiger partial charge on any atom is -0.331 e. The molecule has 0 spiro atoms. The molecule has 0 aliphatic rings. The highest BCUT2D eigenvalue weighted by Gasteiger charge is 2.17. The molecule has 0 saturated carbocycles. The van der Waals surface area contributed by atoms with Crippen LogP contribution in [0.4, 0.5) is 0 Å². The number of nitrogens with zero attached hydrogens (tertiary/aromatic N) is 2. The predicted octanol–water partition coefficient (Wildman–Crippen LogP) is 3.00. The van der Waals surface area contributed by atoms with Crippen LogP contribution in [0.15, 0.2) is 30.8 Å². The summed E-state index contributed by atoms with van der Waals surface area (Å²) in [5.74, 6) is 0. The van der Waals surface area contributed by atoms with Gasteiger partial charge in [-0.1, -0.05) is 36.9 Å². The van der Waals surface area contributed by atoms with Gasteiger partial charge >= 0.3 is 0 Å². The van der Waals surface area contributed by atoms with Gasteiger partial charge in [-0.3, -0.25) is 0 Å². The summed E-state index contributed by atoms with van der Waals surface area (Å²) in [5, 5.41) is 0. The van der Waals surface area contributed by atoms with E-state index in [2.05, 4.69) is 66.1 Å². The number of quaternary nitrogens is 2. The zero-order valence-corrected chi connectivity index (χ0v) is 13.3. The number of benzene rings is 1.